The van der Waals surface area contributed by atoms with Crippen molar-refractivity contribution in [1.82, 2.24) is 19.8 Å². The molecule has 5 nitrogen and oxygen atoms in total. The van der Waals surface area contributed by atoms with Gasteiger partial charge in [0.1, 0.15) is 5.65 Å². The van der Waals surface area contributed by atoms with E-state index in [1.165, 1.54) is 23.6 Å². The number of fused-ring (bicyclic) bond motifs is 3. The van der Waals surface area contributed by atoms with E-state index in [-0.39, 0.29) is 11.9 Å². The third kappa shape index (κ3) is 3.01. The molecule has 2 bridgehead atoms. The fraction of sp³-hybridized carbons (Fsp3) is 0.556. The molecule has 4 rings (SSSR count). The van der Waals surface area contributed by atoms with Crippen molar-refractivity contribution in [2.75, 3.05) is 7.05 Å². The van der Waals surface area contributed by atoms with Gasteiger partial charge in [-0.05, 0) is 44.9 Å². The summed E-state index contributed by atoms with van der Waals surface area (Å²) in [6.45, 7) is -0.459. The third-order valence-electron chi connectivity index (χ3n) is 5.65. The maximum Gasteiger partial charge on any atom is 0.256 e. The lowest BCUT2D eigenvalue weighted by atomic mass is 9.97. The Morgan fingerprint density at radius 3 is 2.76 bits per heavy atom. The Balaban J connectivity index is 1.56. The zero-order valence-electron chi connectivity index (χ0n) is 14.2. The molecule has 2 aromatic heterocycles. The summed E-state index contributed by atoms with van der Waals surface area (Å²) in [5, 5.41) is 3.74. The minimum absolute atomic E-state index is 0.145. The first-order valence-corrected chi connectivity index (χ1v) is 8.77. The molecule has 0 saturated carbocycles. The second-order valence-corrected chi connectivity index (χ2v) is 7.15. The van der Waals surface area contributed by atoms with Crippen LogP contribution in [0.2, 0.25) is 0 Å². The number of carbonyl (C=O) groups is 1. The van der Waals surface area contributed by atoms with Crippen molar-refractivity contribution in [2.24, 2.45) is 0 Å². The van der Waals surface area contributed by atoms with Gasteiger partial charge in [-0.2, -0.15) is 0 Å². The van der Waals surface area contributed by atoms with E-state index in [2.05, 4.69) is 22.2 Å². The lowest BCUT2D eigenvalue weighted by molar-refractivity contribution is 0.0882. The zero-order chi connectivity index (χ0) is 17.6. The van der Waals surface area contributed by atoms with Crippen molar-refractivity contribution < 1.29 is 13.6 Å². The molecule has 0 spiro atoms. The van der Waals surface area contributed by atoms with Crippen LogP contribution >= 0.6 is 0 Å². The topological polar surface area (TPSA) is 50.2 Å². The number of nitrogens with one attached hydrogen (secondary N) is 1. The Kier molecular flexibility index (Phi) is 4.19. The molecule has 0 aliphatic carbocycles. The van der Waals surface area contributed by atoms with E-state index < -0.39 is 13.0 Å². The molecule has 0 radical (unpaired) electrons. The summed E-state index contributed by atoms with van der Waals surface area (Å²) in [4.78, 5) is 19.4. The smallest absolute Gasteiger partial charge is 0.256 e. The Morgan fingerprint density at radius 2 is 2.08 bits per heavy atom. The third-order valence-corrected chi connectivity index (χ3v) is 5.65. The normalized spacial score (nSPS) is 26.5. The van der Waals surface area contributed by atoms with Gasteiger partial charge >= 0.3 is 0 Å². The number of hydrogen-bond acceptors (Lipinski definition) is 3. The van der Waals surface area contributed by atoms with Crippen LogP contribution in [-0.4, -0.2) is 52.0 Å². The summed E-state index contributed by atoms with van der Waals surface area (Å²) in [7, 11) is 2.16. The highest BCUT2D eigenvalue weighted by molar-refractivity contribution is 6.06. The molecule has 2 aliphatic heterocycles. The highest BCUT2D eigenvalue weighted by Crippen LogP contribution is 2.34. The van der Waals surface area contributed by atoms with Gasteiger partial charge in [0.15, 0.2) is 0 Å². The number of pyridine rings is 1. The molecule has 134 valence electrons. The van der Waals surface area contributed by atoms with Crippen LogP contribution < -0.4 is 5.32 Å². The van der Waals surface area contributed by atoms with Crippen LogP contribution in [0.1, 0.15) is 36.0 Å². The van der Waals surface area contributed by atoms with Crippen LogP contribution in [0.3, 0.4) is 0 Å². The average molecular weight is 348 g/mol. The molecule has 2 fully saturated rings. The van der Waals surface area contributed by atoms with E-state index in [9.17, 15) is 13.6 Å². The number of piperidine rings is 1. The second kappa shape index (κ2) is 6.37. The van der Waals surface area contributed by atoms with Crippen molar-refractivity contribution in [3.8, 4) is 0 Å². The molecule has 4 heterocycles. The van der Waals surface area contributed by atoms with Gasteiger partial charge in [-0.15, -0.1) is 0 Å². The number of rotatable bonds is 4. The van der Waals surface area contributed by atoms with Crippen LogP contribution in [-0.2, 0) is 6.54 Å². The number of halogens is 2. The Bertz CT molecular complexity index is 776. The molecule has 1 unspecified atom stereocenters. The van der Waals surface area contributed by atoms with E-state index in [0.717, 1.165) is 12.8 Å². The lowest BCUT2D eigenvalue weighted by Gasteiger charge is -2.36. The fourth-order valence-corrected chi connectivity index (χ4v) is 4.38. The lowest BCUT2D eigenvalue weighted by Crippen LogP contribution is -2.48. The summed E-state index contributed by atoms with van der Waals surface area (Å²) < 4.78 is 27.0. The Morgan fingerprint density at radius 1 is 1.36 bits per heavy atom. The van der Waals surface area contributed by atoms with Crippen LogP contribution in [0.4, 0.5) is 8.78 Å². The highest BCUT2D eigenvalue weighted by Gasteiger charge is 2.39. The molecule has 0 aromatic carbocycles. The average Bonchev–Trinajstić information content (AvgIpc) is 3.01. The number of amides is 1. The monoisotopic (exact) mass is 348 g/mol. The van der Waals surface area contributed by atoms with E-state index in [1.54, 1.807) is 18.3 Å². The maximum absolute atomic E-state index is 12.8. The standard InChI is InChI=1S/C18H22F2N4O/c1-23-12-4-5-13(23)8-11(7-12)22-18(25)15-9-24(10-16(19)20)17-14(15)3-2-6-21-17/h2-3,6,9,11-13,16H,4-5,7-8,10H2,1H3,(H,22,25)/t11?,12-,13+. The summed E-state index contributed by atoms with van der Waals surface area (Å²) in [6.07, 6.45) is 4.84. The summed E-state index contributed by atoms with van der Waals surface area (Å²) >= 11 is 0. The summed E-state index contributed by atoms with van der Waals surface area (Å²) in [6, 6.07) is 4.70. The molecule has 3 atom stereocenters. The Hall–Kier alpha value is -2.02. The molecule has 2 aliphatic rings. The minimum atomic E-state index is -2.49. The van der Waals surface area contributed by atoms with E-state index >= 15 is 0 Å². The van der Waals surface area contributed by atoms with Crippen molar-refractivity contribution >= 4 is 16.9 Å². The molecule has 1 N–H and O–H groups in total. The van der Waals surface area contributed by atoms with Gasteiger partial charge in [-0.3, -0.25) is 4.79 Å². The van der Waals surface area contributed by atoms with Gasteiger partial charge in [0, 0.05) is 35.9 Å². The number of aromatic nitrogens is 2. The van der Waals surface area contributed by atoms with Crippen LogP contribution in [0.25, 0.3) is 11.0 Å². The van der Waals surface area contributed by atoms with Crippen LogP contribution in [0.15, 0.2) is 24.5 Å². The largest absolute Gasteiger partial charge is 0.349 e. The van der Waals surface area contributed by atoms with Crippen molar-refractivity contribution in [3.63, 3.8) is 0 Å². The second-order valence-electron chi connectivity index (χ2n) is 7.15. The molecular weight excluding hydrogens is 326 g/mol. The first-order chi connectivity index (χ1) is 12.0. The van der Waals surface area contributed by atoms with Gasteiger partial charge in [-0.25, -0.2) is 13.8 Å². The van der Waals surface area contributed by atoms with Crippen molar-refractivity contribution in [1.29, 1.82) is 0 Å². The molecule has 25 heavy (non-hydrogen) atoms. The number of hydrogen-bond donors (Lipinski definition) is 1. The van der Waals surface area contributed by atoms with Crippen molar-refractivity contribution in [3.05, 3.63) is 30.1 Å². The van der Waals surface area contributed by atoms with E-state index in [1.807, 2.05) is 0 Å². The summed E-state index contributed by atoms with van der Waals surface area (Å²) in [5.74, 6) is -0.194. The van der Waals surface area contributed by atoms with Crippen molar-refractivity contribution in [2.45, 2.75) is 56.8 Å². The maximum atomic E-state index is 12.8. The van der Waals surface area contributed by atoms with Gasteiger partial charge in [0.2, 0.25) is 0 Å². The predicted octanol–water partition coefficient (Wildman–Crippen LogP) is 2.66. The van der Waals surface area contributed by atoms with E-state index in [4.69, 9.17) is 0 Å². The molecular formula is C18H22F2N4O. The van der Waals surface area contributed by atoms with Crippen LogP contribution in [0.5, 0.6) is 0 Å². The van der Waals surface area contributed by atoms with Gasteiger partial charge in [-0.1, -0.05) is 0 Å². The van der Waals surface area contributed by atoms with Gasteiger partial charge in [0.05, 0.1) is 12.1 Å². The number of nitrogens with zero attached hydrogens (tertiary/aromatic N) is 3. The molecule has 1 amide bonds. The van der Waals surface area contributed by atoms with Gasteiger partial charge in [0.25, 0.3) is 12.3 Å². The first-order valence-electron chi connectivity index (χ1n) is 8.77. The minimum Gasteiger partial charge on any atom is -0.349 e. The number of carbonyl (C=O) groups excluding carboxylic acids is 1. The SMILES string of the molecule is CN1[C@@H]2CC[C@H]1CC(NC(=O)c1cn(CC(F)F)c3ncccc13)C2. The molecule has 2 saturated heterocycles. The van der Waals surface area contributed by atoms with Gasteiger partial charge < -0.3 is 14.8 Å². The fourth-order valence-electron chi connectivity index (χ4n) is 4.38. The first kappa shape index (κ1) is 16.4. The molecule has 2 aromatic rings. The van der Waals surface area contributed by atoms with Crippen LogP contribution in [0, 0.1) is 0 Å². The Labute approximate surface area is 145 Å². The number of alkyl halides is 2. The van der Waals surface area contributed by atoms with E-state index in [0.29, 0.717) is 28.7 Å². The molecule has 7 heteroatoms. The quantitative estimate of drug-likeness (QED) is 0.924. The zero-order valence-corrected chi connectivity index (χ0v) is 14.2. The summed E-state index contributed by atoms with van der Waals surface area (Å²) in [5.41, 5.74) is 0.853. The highest BCUT2D eigenvalue weighted by atomic mass is 19.3. The predicted molar refractivity (Wildman–Crippen MR) is 90.8 cm³/mol.